The summed E-state index contributed by atoms with van der Waals surface area (Å²) in [5.74, 6) is -0.576. The molecule has 1 fully saturated rings. The monoisotopic (exact) mass is 551 g/mol. The predicted octanol–water partition coefficient (Wildman–Crippen LogP) is 4.01. The normalized spacial score (nSPS) is 13.5. The van der Waals surface area contributed by atoms with E-state index in [9.17, 15) is 14.4 Å². The molecule has 0 aliphatic carbocycles. The SMILES string of the molecule is Cc1ccc(NC(=O)Nc2ccc(-c3snc(NC(=O)NCCCN4CCOCC4)c3C(N)=O)c(C)c2)cc1. The fourth-order valence-corrected chi connectivity index (χ4v) is 5.13. The lowest BCUT2D eigenvalue weighted by Crippen LogP contribution is -2.38. The maximum atomic E-state index is 12.5. The number of carbonyl (C=O) groups is 3. The second-order valence-corrected chi connectivity index (χ2v) is 10.0. The first kappa shape index (κ1) is 28.0. The Morgan fingerprint density at radius 2 is 1.67 bits per heavy atom. The minimum Gasteiger partial charge on any atom is -0.379 e. The summed E-state index contributed by atoms with van der Waals surface area (Å²) in [6.07, 6.45) is 0.793. The van der Waals surface area contributed by atoms with E-state index in [0.717, 1.165) is 67.5 Å². The Kier molecular flexibility index (Phi) is 9.47. The number of rotatable bonds is 9. The van der Waals surface area contributed by atoms with Crippen LogP contribution < -0.4 is 27.0 Å². The van der Waals surface area contributed by atoms with Crippen LogP contribution in [0.15, 0.2) is 42.5 Å². The van der Waals surface area contributed by atoms with E-state index in [2.05, 4.69) is 30.5 Å². The number of urea groups is 2. The molecule has 2 heterocycles. The lowest BCUT2D eigenvalue weighted by molar-refractivity contribution is 0.0375. The number of amides is 5. The van der Waals surface area contributed by atoms with Gasteiger partial charge in [0.05, 0.1) is 18.1 Å². The number of carbonyl (C=O) groups excluding carboxylic acids is 3. The van der Waals surface area contributed by atoms with E-state index in [-0.39, 0.29) is 17.4 Å². The molecule has 11 nitrogen and oxygen atoms in total. The van der Waals surface area contributed by atoms with Crippen molar-refractivity contribution in [2.45, 2.75) is 20.3 Å². The molecule has 0 bridgehead atoms. The summed E-state index contributed by atoms with van der Waals surface area (Å²) in [6, 6.07) is 12.0. The third-order valence-electron chi connectivity index (χ3n) is 6.25. The molecular weight excluding hydrogens is 518 g/mol. The van der Waals surface area contributed by atoms with Crippen LogP contribution in [0.5, 0.6) is 0 Å². The van der Waals surface area contributed by atoms with Gasteiger partial charge < -0.3 is 26.4 Å². The molecule has 0 unspecified atom stereocenters. The number of aryl methyl sites for hydroxylation is 2. The molecule has 1 saturated heterocycles. The molecule has 2 aromatic carbocycles. The quantitative estimate of drug-likeness (QED) is 0.254. The maximum Gasteiger partial charge on any atom is 0.323 e. The molecule has 1 aromatic heterocycles. The van der Waals surface area contributed by atoms with Crippen molar-refractivity contribution in [2.75, 3.05) is 55.3 Å². The van der Waals surface area contributed by atoms with Gasteiger partial charge in [0.1, 0.15) is 5.56 Å². The van der Waals surface area contributed by atoms with Crippen LogP contribution in [-0.4, -0.2) is 66.6 Å². The Balaban J connectivity index is 1.37. The summed E-state index contributed by atoms with van der Waals surface area (Å²) >= 11 is 1.07. The number of hydrogen-bond donors (Lipinski definition) is 5. The van der Waals surface area contributed by atoms with Gasteiger partial charge in [0.2, 0.25) is 0 Å². The van der Waals surface area contributed by atoms with Gasteiger partial charge in [-0.2, -0.15) is 4.37 Å². The van der Waals surface area contributed by atoms with Gasteiger partial charge in [0.25, 0.3) is 5.91 Å². The molecule has 12 heteroatoms. The highest BCUT2D eigenvalue weighted by molar-refractivity contribution is 7.10. The van der Waals surface area contributed by atoms with Crippen LogP contribution in [0.2, 0.25) is 0 Å². The number of hydrogen-bond acceptors (Lipinski definition) is 7. The second-order valence-electron chi connectivity index (χ2n) is 9.26. The van der Waals surface area contributed by atoms with Gasteiger partial charge in [-0.3, -0.25) is 15.0 Å². The molecule has 206 valence electrons. The van der Waals surface area contributed by atoms with Gasteiger partial charge in [-0.25, -0.2) is 9.59 Å². The highest BCUT2D eigenvalue weighted by atomic mass is 32.1. The molecule has 1 aliphatic rings. The Bertz CT molecular complexity index is 1320. The molecular formula is C27H33N7O4S. The van der Waals surface area contributed by atoms with Crippen molar-refractivity contribution in [2.24, 2.45) is 5.73 Å². The number of ether oxygens (including phenoxy) is 1. The van der Waals surface area contributed by atoms with E-state index in [0.29, 0.717) is 22.8 Å². The highest BCUT2D eigenvalue weighted by Crippen LogP contribution is 2.36. The molecule has 1 aliphatic heterocycles. The van der Waals surface area contributed by atoms with Crippen LogP contribution in [-0.2, 0) is 4.74 Å². The summed E-state index contributed by atoms with van der Waals surface area (Å²) in [5.41, 5.74) is 9.72. The number of morpholine rings is 1. The molecule has 0 spiro atoms. The van der Waals surface area contributed by atoms with Crippen molar-refractivity contribution in [3.05, 3.63) is 59.2 Å². The smallest absolute Gasteiger partial charge is 0.323 e. The highest BCUT2D eigenvalue weighted by Gasteiger charge is 2.23. The van der Waals surface area contributed by atoms with Crippen LogP contribution in [0.3, 0.4) is 0 Å². The fraction of sp³-hybridized carbons (Fsp3) is 0.333. The molecule has 4 rings (SSSR count). The summed E-state index contributed by atoms with van der Waals surface area (Å²) in [5, 5.41) is 11.1. The largest absolute Gasteiger partial charge is 0.379 e. The average Bonchev–Trinajstić information content (AvgIpc) is 3.32. The van der Waals surface area contributed by atoms with Crippen LogP contribution in [0.4, 0.5) is 26.8 Å². The average molecular weight is 552 g/mol. The van der Waals surface area contributed by atoms with Gasteiger partial charge in [-0.15, -0.1) is 0 Å². The van der Waals surface area contributed by atoms with Crippen LogP contribution in [0.1, 0.15) is 27.9 Å². The van der Waals surface area contributed by atoms with Crippen molar-refractivity contribution in [1.29, 1.82) is 0 Å². The molecule has 0 atom stereocenters. The predicted molar refractivity (Wildman–Crippen MR) is 154 cm³/mol. The Morgan fingerprint density at radius 3 is 2.36 bits per heavy atom. The minimum absolute atomic E-state index is 0.118. The number of nitrogens with zero attached hydrogens (tertiary/aromatic N) is 2. The second kappa shape index (κ2) is 13.2. The molecule has 5 amide bonds. The summed E-state index contributed by atoms with van der Waals surface area (Å²) in [4.78, 5) is 40.0. The number of aromatic nitrogens is 1. The Labute approximate surface area is 231 Å². The van der Waals surface area contributed by atoms with E-state index in [4.69, 9.17) is 10.5 Å². The Morgan fingerprint density at radius 1 is 0.974 bits per heavy atom. The van der Waals surface area contributed by atoms with Gasteiger partial charge >= 0.3 is 12.1 Å². The lowest BCUT2D eigenvalue weighted by atomic mass is 10.0. The van der Waals surface area contributed by atoms with Gasteiger partial charge in [-0.05, 0) is 73.7 Å². The van der Waals surface area contributed by atoms with Crippen molar-refractivity contribution < 1.29 is 19.1 Å². The van der Waals surface area contributed by atoms with E-state index >= 15 is 0 Å². The Hall–Kier alpha value is -4.00. The molecule has 3 aromatic rings. The van der Waals surface area contributed by atoms with Crippen LogP contribution in [0, 0.1) is 13.8 Å². The standard InChI is InChI=1S/C27H33N7O4S/c1-17-4-6-19(7-5-17)30-27(37)31-20-8-9-21(18(2)16-20)23-22(24(28)35)25(33-39-23)32-26(36)29-10-3-11-34-12-14-38-15-13-34/h4-9,16H,3,10-15H2,1-2H3,(H2,28,35)(H2,30,31,37)(H2,29,32,33,36). The molecule has 0 radical (unpaired) electrons. The van der Waals surface area contributed by atoms with E-state index in [1.807, 2.05) is 38.1 Å². The van der Waals surface area contributed by atoms with Crippen molar-refractivity contribution >= 4 is 46.7 Å². The molecule has 0 saturated carbocycles. The van der Waals surface area contributed by atoms with Crippen molar-refractivity contribution in [1.82, 2.24) is 14.6 Å². The zero-order valence-electron chi connectivity index (χ0n) is 22.0. The van der Waals surface area contributed by atoms with Crippen LogP contribution in [0.25, 0.3) is 10.4 Å². The number of anilines is 3. The topological polar surface area (TPSA) is 151 Å². The summed E-state index contributed by atoms with van der Waals surface area (Å²) < 4.78 is 9.63. The van der Waals surface area contributed by atoms with Crippen molar-refractivity contribution in [3.63, 3.8) is 0 Å². The first-order chi connectivity index (χ1) is 18.8. The number of nitrogens with two attached hydrogens (primary N) is 1. The van der Waals surface area contributed by atoms with E-state index < -0.39 is 11.9 Å². The lowest BCUT2D eigenvalue weighted by Gasteiger charge is -2.26. The van der Waals surface area contributed by atoms with E-state index in [1.54, 1.807) is 18.2 Å². The number of benzene rings is 2. The number of nitrogens with one attached hydrogen (secondary N) is 4. The fourth-order valence-electron chi connectivity index (χ4n) is 4.20. The summed E-state index contributed by atoms with van der Waals surface area (Å²) in [7, 11) is 0. The molecule has 6 N–H and O–H groups in total. The number of primary amides is 1. The zero-order chi connectivity index (χ0) is 27.8. The minimum atomic E-state index is -0.694. The van der Waals surface area contributed by atoms with Crippen molar-refractivity contribution in [3.8, 4) is 10.4 Å². The maximum absolute atomic E-state index is 12.5. The summed E-state index contributed by atoms with van der Waals surface area (Å²) in [6.45, 7) is 8.45. The third-order valence-corrected chi connectivity index (χ3v) is 7.13. The first-order valence-corrected chi connectivity index (χ1v) is 13.5. The zero-order valence-corrected chi connectivity index (χ0v) is 22.8. The van der Waals surface area contributed by atoms with Gasteiger partial charge in [-0.1, -0.05) is 23.8 Å². The third kappa shape index (κ3) is 7.76. The van der Waals surface area contributed by atoms with Gasteiger partial charge in [0.15, 0.2) is 5.82 Å². The van der Waals surface area contributed by atoms with Crippen LogP contribution >= 0.6 is 11.5 Å². The van der Waals surface area contributed by atoms with Gasteiger partial charge in [0, 0.05) is 31.0 Å². The molecule has 39 heavy (non-hydrogen) atoms. The first-order valence-electron chi connectivity index (χ1n) is 12.7. The van der Waals surface area contributed by atoms with E-state index in [1.165, 1.54) is 0 Å².